The van der Waals surface area contributed by atoms with Crippen LogP contribution < -0.4 is 0 Å². The van der Waals surface area contributed by atoms with E-state index >= 15 is 0 Å². The quantitative estimate of drug-likeness (QED) is 0.746. The van der Waals surface area contributed by atoms with Crippen LogP contribution in [0.2, 0.25) is 0 Å². The SMILES string of the molecule is CC(C)Cc1cc(Br)sn1. The van der Waals surface area contributed by atoms with Crippen LogP contribution in [0.5, 0.6) is 0 Å². The molecular weight excluding hydrogens is 210 g/mol. The molecular formula is C7H10BrNS. The van der Waals surface area contributed by atoms with Crippen LogP contribution in [-0.2, 0) is 6.42 Å². The molecule has 1 nitrogen and oxygen atoms in total. The summed E-state index contributed by atoms with van der Waals surface area (Å²) in [5.74, 6) is 0.703. The number of halogens is 1. The standard InChI is InChI=1S/C7H10BrNS/c1-5(2)3-6-4-7(8)10-9-6/h4-5H,3H2,1-2H3. The molecule has 0 spiro atoms. The Kier molecular flexibility index (Phi) is 2.86. The smallest absolute Gasteiger partial charge is 0.0908 e. The minimum absolute atomic E-state index is 0.703. The Hall–Kier alpha value is 0.110. The van der Waals surface area contributed by atoms with Gasteiger partial charge in [-0.1, -0.05) is 13.8 Å². The summed E-state index contributed by atoms with van der Waals surface area (Å²) < 4.78 is 5.38. The molecule has 0 fully saturated rings. The van der Waals surface area contributed by atoms with Crippen molar-refractivity contribution in [1.29, 1.82) is 0 Å². The van der Waals surface area contributed by atoms with Crippen LogP contribution in [0, 0.1) is 5.92 Å². The van der Waals surface area contributed by atoms with Gasteiger partial charge in [-0.25, -0.2) is 0 Å². The van der Waals surface area contributed by atoms with Gasteiger partial charge in [0.15, 0.2) is 0 Å². The van der Waals surface area contributed by atoms with Crippen molar-refractivity contribution in [2.75, 3.05) is 0 Å². The van der Waals surface area contributed by atoms with Crippen LogP contribution >= 0.6 is 27.5 Å². The number of hydrogen-bond acceptors (Lipinski definition) is 2. The largest absolute Gasteiger partial charge is 0.197 e. The van der Waals surface area contributed by atoms with Gasteiger partial charge in [0.05, 0.1) is 9.48 Å². The Bertz CT molecular complexity index is 207. The van der Waals surface area contributed by atoms with Gasteiger partial charge in [0.1, 0.15) is 0 Å². The highest BCUT2D eigenvalue weighted by Gasteiger charge is 2.00. The van der Waals surface area contributed by atoms with Crippen molar-refractivity contribution in [3.8, 4) is 0 Å². The van der Waals surface area contributed by atoms with E-state index in [4.69, 9.17) is 0 Å². The lowest BCUT2D eigenvalue weighted by atomic mass is 10.1. The van der Waals surface area contributed by atoms with E-state index in [2.05, 4.69) is 40.2 Å². The summed E-state index contributed by atoms with van der Waals surface area (Å²) in [6.07, 6.45) is 1.09. The van der Waals surface area contributed by atoms with E-state index in [1.807, 2.05) is 0 Å². The first-order valence-electron chi connectivity index (χ1n) is 3.29. The second-order valence-corrected chi connectivity index (χ2v) is 4.90. The minimum atomic E-state index is 0.703. The highest BCUT2D eigenvalue weighted by Crippen LogP contribution is 2.18. The van der Waals surface area contributed by atoms with Crippen LogP contribution in [0.3, 0.4) is 0 Å². The normalized spacial score (nSPS) is 10.8. The van der Waals surface area contributed by atoms with Gasteiger partial charge in [-0.05, 0) is 45.9 Å². The lowest BCUT2D eigenvalue weighted by molar-refractivity contribution is 0.639. The fraction of sp³-hybridized carbons (Fsp3) is 0.571. The third-order valence-electron chi connectivity index (χ3n) is 1.15. The summed E-state index contributed by atoms with van der Waals surface area (Å²) in [4.78, 5) is 0. The van der Waals surface area contributed by atoms with E-state index in [0.717, 1.165) is 10.2 Å². The summed E-state index contributed by atoms with van der Waals surface area (Å²) >= 11 is 4.89. The molecule has 1 aromatic heterocycles. The highest BCUT2D eigenvalue weighted by atomic mass is 79.9. The Morgan fingerprint density at radius 2 is 2.40 bits per heavy atom. The second kappa shape index (κ2) is 3.49. The average Bonchev–Trinajstić information content (AvgIpc) is 2.13. The molecule has 1 rings (SSSR count). The molecule has 1 aromatic rings. The molecule has 0 unspecified atom stereocenters. The molecule has 0 atom stereocenters. The summed E-state index contributed by atoms with van der Waals surface area (Å²) in [7, 11) is 0. The highest BCUT2D eigenvalue weighted by molar-refractivity contribution is 9.11. The van der Waals surface area contributed by atoms with Gasteiger partial charge in [-0.2, -0.15) is 4.37 Å². The predicted octanol–water partition coefficient (Wildman–Crippen LogP) is 3.10. The third-order valence-corrected chi connectivity index (χ3v) is 2.43. The van der Waals surface area contributed by atoms with E-state index in [1.165, 1.54) is 17.2 Å². The van der Waals surface area contributed by atoms with E-state index in [1.54, 1.807) is 0 Å². The molecule has 0 amide bonds. The summed E-state index contributed by atoms with van der Waals surface area (Å²) in [6, 6.07) is 2.09. The maximum Gasteiger partial charge on any atom is 0.0908 e. The van der Waals surface area contributed by atoms with E-state index in [0.29, 0.717) is 5.92 Å². The number of rotatable bonds is 2. The van der Waals surface area contributed by atoms with Gasteiger partial charge in [0.25, 0.3) is 0 Å². The molecule has 3 heteroatoms. The lowest BCUT2D eigenvalue weighted by Crippen LogP contribution is -1.92. The van der Waals surface area contributed by atoms with Crippen molar-refractivity contribution < 1.29 is 0 Å². The Morgan fingerprint density at radius 1 is 1.70 bits per heavy atom. The van der Waals surface area contributed by atoms with Gasteiger partial charge in [-0.3, -0.25) is 0 Å². The van der Waals surface area contributed by atoms with E-state index < -0.39 is 0 Å². The lowest BCUT2D eigenvalue weighted by Gasteiger charge is -1.97. The maximum absolute atomic E-state index is 4.25. The monoisotopic (exact) mass is 219 g/mol. The topological polar surface area (TPSA) is 12.9 Å². The average molecular weight is 220 g/mol. The molecule has 0 aliphatic carbocycles. The molecule has 56 valence electrons. The Labute approximate surface area is 73.8 Å². The van der Waals surface area contributed by atoms with Crippen molar-refractivity contribution in [3.05, 3.63) is 15.5 Å². The fourth-order valence-electron chi connectivity index (χ4n) is 0.800. The van der Waals surface area contributed by atoms with Crippen LogP contribution in [0.4, 0.5) is 0 Å². The number of aromatic nitrogens is 1. The van der Waals surface area contributed by atoms with E-state index in [9.17, 15) is 0 Å². The Balaban J connectivity index is 2.58. The van der Waals surface area contributed by atoms with Crippen molar-refractivity contribution in [2.24, 2.45) is 5.92 Å². The molecule has 1 heterocycles. The second-order valence-electron chi connectivity index (χ2n) is 2.72. The zero-order chi connectivity index (χ0) is 7.56. The van der Waals surface area contributed by atoms with Crippen LogP contribution in [0.25, 0.3) is 0 Å². The first-order valence-corrected chi connectivity index (χ1v) is 4.86. The zero-order valence-electron chi connectivity index (χ0n) is 6.10. The summed E-state index contributed by atoms with van der Waals surface area (Å²) in [5.41, 5.74) is 1.20. The van der Waals surface area contributed by atoms with Gasteiger partial charge in [0, 0.05) is 0 Å². The molecule has 0 N–H and O–H groups in total. The summed E-state index contributed by atoms with van der Waals surface area (Å²) in [6.45, 7) is 4.40. The van der Waals surface area contributed by atoms with Crippen molar-refractivity contribution in [2.45, 2.75) is 20.3 Å². The summed E-state index contributed by atoms with van der Waals surface area (Å²) in [5, 5.41) is 0. The van der Waals surface area contributed by atoms with Crippen LogP contribution in [0.1, 0.15) is 19.5 Å². The molecule has 0 saturated heterocycles. The van der Waals surface area contributed by atoms with Crippen LogP contribution in [0.15, 0.2) is 9.85 Å². The van der Waals surface area contributed by atoms with Gasteiger partial charge < -0.3 is 0 Å². The predicted molar refractivity (Wildman–Crippen MR) is 48.4 cm³/mol. The molecule has 0 aliphatic heterocycles. The molecule has 10 heavy (non-hydrogen) atoms. The van der Waals surface area contributed by atoms with E-state index in [-0.39, 0.29) is 0 Å². The Morgan fingerprint density at radius 3 is 2.80 bits per heavy atom. The van der Waals surface area contributed by atoms with Crippen LogP contribution in [-0.4, -0.2) is 4.37 Å². The molecule has 0 aliphatic rings. The molecule has 0 radical (unpaired) electrons. The number of hydrogen-bond donors (Lipinski definition) is 0. The maximum atomic E-state index is 4.25. The first kappa shape index (κ1) is 8.21. The number of nitrogens with zero attached hydrogens (tertiary/aromatic N) is 1. The van der Waals surface area contributed by atoms with Crippen molar-refractivity contribution in [1.82, 2.24) is 4.37 Å². The van der Waals surface area contributed by atoms with Gasteiger partial charge >= 0.3 is 0 Å². The fourth-order valence-corrected chi connectivity index (χ4v) is 1.80. The molecule has 0 saturated carbocycles. The first-order chi connectivity index (χ1) is 4.68. The van der Waals surface area contributed by atoms with Gasteiger partial charge in [-0.15, -0.1) is 0 Å². The van der Waals surface area contributed by atoms with Crippen molar-refractivity contribution in [3.63, 3.8) is 0 Å². The minimum Gasteiger partial charge on any atom is -0.197 e. The zero-order valence-corrected chi connectivity index (χ0v) is 8.50. The van der Waals surface area contributed by atoms with Gasteiger partial charge in [0.2, 0.25) is 0 Å². The molecule has 0 bridgehead atoms. The van der Waals surface area contributed by atoms with Crippen molar-refractivity contribution >= 4 is 27.5 Å². The molecule has 0 aromatic carbocycles. The third kappa shape index (κ3) is 2.39.